The van der Waals surface area contributed by atoms with E-state index in [-0.39, 0.29) is 24.4 Å². The van der Waals surface area contributed by atoms with Crippen molar-refractivity contribution in [3.63, 3.8) is 0 Å². The van der Waals surface area contributed by atoms with Gasteiger partial charge in [0.15, 0.2) is 0 Å². The van der Waals surface area contributed by atoms with Crippen LogP contribution in [0.3, 0.4) is 0 Å². The number of thiophene rings is 1. The van der Waals surface area contributed by atoms with Crippen molar-refractivity contribution in [2.24, 2.45) is 0 Å². The van der Waals surface area contributed by atoms with E-state index in [4.69, 9.17) is 0 Å². The number of benzene rings is 1. The van der Waals surface area contributed by atoms with Gasteiger partial charge in [0, 0.05) is 18.0 Å². The summed E-state index contributed by atoms with van der Waals surface area (Å²) in [6.07, 6.45) is 1.05. The summed E-state index contributed by atoms with van der Waals surface area (Å²) < 4.78 is 0.976. The van der Waals surface area contributed by atoms with E-state index in [2.05, 4.69) is 50.8 Å². The lowest BCUT2D eigenvalue weighted by Crippen LogP contribution is -2.38. The molecule has 0 saturated carbocycles. The number of halogens is 2. The molecule has 1 aliphatic rings. The minimum absolute atomic E-state index is 0. The Bertz CT molecular complexity index is 632. The lowest BCUT2D eigenvalue weighted by molar-refractivity contribution is 0.0949. The molecule has 1 atom stereocenters. The molecule has 21 heavy (non-hydrogen) atoms. The van der Waals surface area contributed by atoms with Crippen LogP contribution in [0.1, 0.15) is 27.5 Å². The van der Waals surface area contributed by atoms with Crippen molar-refractivity contribution in [1.82, 2.24) is 10.6 Å². The van der Waals surface area contributed by atoms with Gasteiger partial charge in [-0.05, 0) is 46.1 Å². The van der Waals surface area contributed by atoms with E-state index in [1.807, 2.05) is 11.4 Å². The van der Waals surface area contributed by atoms with Crippen LogP contribution in [0.25, 0.3) is 0 Å². The Morgan fingerprint density at radius 3 is 3.00 bits per heavy atom. The van der Waals surface area contributed by atoms with Gasteiger partial charge in [-0.1, -0.05) is 24.3 Å². The lowest BCUT2D eigenvalue weighted by atomic mass is 9.94. The predicted octanol–water partition coefficient (Wildman–Crippen LogP) is 3.55. The molecule has 6 heteroatoms. The number of amides is 1. The highest BCUT2D eigenvalue weighted by Crippen LogP contribution is 2.23. The standard InChI is InChI=1S/C15H15BrN2OS.ClH/c16-14-7-11(9-20-14)15(19)18-8-13-12-4-2-1-3-10(12)5-6-17-13;/h1-4,7,9,13,17H,5-6,8H2,(H,18,19);1H. The monoisotopic (exact) mass is 386 g/mol. The first-order chi connectivity index (χ1) is 9.74. The van der Waals surface area contributed by atoms with E-state index >= 15 is 0 Å². The van der Waals surface area contributed by atoms with Gasteiger partial charge in [-0.3, -0.25) is 4.79 Å². The topological polar surface area (TPSA) is 41.1 Å². The fourth-order valence-corrected chi connectivity index (χ4v) is 3.64. The third-order valence-electron chi connectivity index (χ3n) is 3.51. The van der Waals surface area contributed by atoms with Crippen LogP contribution in [0.4, 0.5) is 0 Å². The second kappa shape index (κ2) is 7.40. The SMILES string of the molecule is Cl.O=C(NCC1NCCc2ccccc21)c1csc(Br)c1. The van der Waals surface area contributed by atoms with Gasteiger partial charge in [0.2, 0.25) is 0 Å². The molecule has 0 bridgehead atoms. The van der Waals surface area contributed by atoms with Crippen molar-refractivity contribution < 1.29 is 4.79 Å². The smallest absolute Gasteiger partial charge is 0.252 e. The zero-order valence-electron chi connectivity index (χ0n) is 11.3. The molecule has 3 nitrogen and oxygen atoms in total. The fourth-order valence-electron chi connectivity index (χ4n) is 2.50. The molecule has 112 valence electrons. The van der Waals surface area contributed by atoms with Crippen LogP contribution >= 0.6 is 39.7 Å². The number of nitrogens with one attached hydrogen (secondary N) is 2. The Kier molecular flexibility index (Phi) is 5.81. The first-order valence-corrected chi connectivity index (χ1v) is 8.25. The quantitative estimate of drug-likeness (QED) is 0.845. The van der Waals surface area contributed by atoms with Crippen molar-refractivity contribution in [3.8, 4) is 0 Å². The summed E-state index contributed by atoms with van der Waals surface area (Å²) in [4.78, 5) is 12.1. The molecule has 2 aromatic rings. The van der Waals surface area contributed by atoms with Gasteiger partial charge in [-0.2, -0.15) is 0 Å². The van der Waals surface area contributed by atoms with Crippen molar-refractivity contribution in [1.29, 1.82) is 0 Å². The summed E-state index contributed by atoms with van der Waals surface area (Å²) in [5, 5.41) is 8.34. The minimum Gasteiger partial charge on any atom is -0.350 e. The Hall–Kier alpha value is -0.880. The van der Waals surface area contributed by atoms with E-state index < -0.39 is 0 Å². The highest BCUT2D eigenvalue weighted by molar-refractivity contribution is 9.11. The molecule has 3 rings (SSSR count). The molecule has 2 heterocycles. The number of hydrogen-bond acceptors (Lipinski definition) is 3. The number of hydrogen-bond donors (Lipinski definition) is 2. The summed E-state index contributed by atoms with van der Waals surface area (Å²) in [6.45, 7) is 1.57. The second-order valence-corrected chi connectivity index (χ2v) is 7.10. The maximum absolute atomic E-state index is 12.1. The summed E-state index contributed by atoms with van der Waals surface area (Å²) in [7, 11) is 0. The largest absolute Gasteiger partial charge is 0.350 e. The van der Waals surface area contributed by atoms with Gasteiger partial charge in [-0.25, -0.2) is 0 Å². The van der Waals surface area contributed by atoms with Crippen LogP contribution in [0.15, 0.2) is 39.5 Å². The van der Waals surface area contributed by atoms with Crippen molar-refractivity contribution in [3.05, 3.63) is 56.2 Å². The van der Waals surface area contributed by atoms with Crippen LogP contribution in [0, 0.1) is 0 Å². The van der Waals surface area contributed by atoms with Gasteiger partial charge in [0.05, 0.1) is 9.35 Å². The number of fused-ring (bicyclic) bond motifs is 1. The Labute approximate surface area is 142 Å². The number of carbonyl (C=O) groups excluding carboxylic acids is 1. The summed E-state index contributed by atoms with van der Waals surface area (Å²) in [5.41, 5.74) is 3.39. The molecule has 1 amide bonds. The molecule has 2 N–H and O–H groups in total. The third kappa shape index (κ3) is 3.86. The van der Waals surface area contributed by atoms with Crippen molar-refractivity contribution >= 4 is 45.6 Å². The van der Waals surface area contributed by atoms with Gasteiger partial charge in [-0.15, -0.1) is 23.7 Å². The van der Waals surface area contributed by atoms with E-state index in [1.165, 1.54) is 22.5 Å². The molecule has 0 radical (unpaired) electrons. The zero-order chi connectivity index (χ0) is 13.9. The number of carbonyl (C=O) groups is 1. The summed E-state index contributed by atoms with van der Waals surface area (Å²) in [5.74, 6) is -0.0168. The van der Waals surface area contributed by atoms with Crippen molar-refractivity contribution in [2.75, 3.05) is 13.1 Å². The molecule has 0 spiro atoms. The fraction of sp³-hybridized carbons (Fsp3) is 0.267. The van der Waals surface area contributed by atoms with E-state index in [9.17, 15) is 4.79 Å². The second-order valence-electron chi connectivity index (χ2n) is 4.81. The van der Waals surface area contributed by atoms with E-state index in [0.717, 1.165) is 16.8 Å². The van der Waals surface area contributed by atoms with E-state index in [1.54, 1.807) is 0 Å². The third-order valence-corrected chi connectivity index (χ3v) is 5.02. The molecule has 1 aromatic heterocycles. The Morgan fingerprint density at radius 2 is 2.24 bits per heavy atom. The summed E-state index contributed by atoms with van der Waals surface area (Å²) in [6, 6.07) is 10.5. The average Bonchev–Trinajstić information content (AvgIpc) is 2.91. The highest BCUT2D eigenvalue weighted by Gasteiger charge is 2.19. The number of rotatable bonds is 3. The van der Waals surface area contributed by atoms with Gasteiger partial charge in [0.25, 0.3) is 5.91 Å². The maximum Gasteiger partial charge on any atom is 0.252 e. The molecule has 1 aliphatic heterocycles. The maximum atomic E-state index is 12.1. The Morgan fingerprint density at radius 1 is 1.43 bits per heavy atom. The first kappa shape index (κ1) is 16.5. The van der Waals surface area contributed by atoms with Gasteiger partial charge >= 0.3 is 0 Å². The molecule has 1 unspecified atom stereocenters. The normalized spacial score (nSPS) is 16.7. The van der Waals surface area contributed by atoms with Crippen LogP contribution in [0.5, 0.6) is 0 Å². The summed E-state index contributed by atoms with van der Waals surface area (Å²) >= 11 is 4.90. The van der Waals surface area contributed by atoms with Crippen LogP contribution in [0.2, 0.25) is 0 Å². The highest BCUT2D eigenvalue weighted by atomic mass is 79.9. The Balaban J connectivity index is 0.00000161. The van der Waals surface area contributed by atoms with Crippen molar-refractivity contribution in [2.45, 2.75) is 12.5 Å². The molecule has 0 saturated heterocycles. The zero-order valence-corrected chi connectivity index (χ0v) is 14.5. The molecular formula is C15H16BrClN2OS. The van der Waals surface area contributed by atoms with Crippen LogP contribution < -0.4 is 10.6 Å². The lowest BCUT2D eigenvalue weighted by Gasteiger charge is -2.27. The molecule has 0 aliphatic carbocycles. The van der Waals surface area contributed by atoms with E-state index in [0.29, 0.717) is 12.1 Å². The molecule has 0 fully saturated rings. The predicted molar refractivity (Wildman–Crippen MR) is 92.5 cm³/mol. The molecule has 1 aromatic carbocycles. The first-order valence-electron chi connectivity index (χ1n) is 6.57. The minimum atomic E-state index is -0.0168. The average molecular weight is 388 g/mol. The van der Waals surface area contributed by atoms with Gasteiger partial charge < -0.3 is 10.6 Å². The molecular weight excluding hydrogens is 372 g/mol. The van der Waals surface area contributed by atoms with Crippen LogP contribution in [-0.4, -0.2) is 19.0 Å². The van der Waals surface area contributed by atoms with Gasteiger partial charge in [0.1, 0.15) is 0 Å². The van der Waals surface area contributed by atoms with Crippen LogP contribution in [-0.2, 0) is 6.42 Å².